The van der Waals surface area contributed by atoms with Crippen molar-refractivity contribution in [1.82, 2.24) is 15.0 Å². The average Bonchev–Trinajstić information content (AvgIpc) is 2.67. The van der Waals surface area contributed by atoms with E-state index in [1.807, 2.05) is 52.0 Å². The van der Waals surface area contributed by atoms with E-state index in [0.717, 1.165) is 33.4 Å². The van der Waals surface area contributed by atoms with E-state index in [9.17, 15) is 10.2 Å². The first-order valence-corrected chi connectivity index (χ1v) is 9.75. The Hall–Kier alpha value is -3.73. The van der Waals surface area contributed by atoms with Crippen LogP contribution in [0.3, 0.4) is 0 Å². The van der Waals surface area contributed by atoms with Crippen molar-refractivity contribution in [3.05, 3.63) is 76.9 Å². The van der Waals surface area contributed by atoms with Gasteiger partial charge in [0.1, 0.15) is 11.5 Å². The summed E-state index contributed by atoms with van der Waals surface area (Å²) in [4.78, 5) is 14.1. The van der Waals surface area contributed by atoms with Crippen LogP contribution in [-0.2, 0) is 0 Å². The van der Waals surface area contributed by atoms with Crippen LogP contribution < -0.4 is 0 Å². The Labute approximate surface area is 183 Å². The van der Waals surface area contributed by atoms with Gasteiger partial charge in [-0.25, -0.2) is 15.0 Å². The van der Waals surface area contributed by atoms with E-state index in [4.69, 9.17) is 4.98 Å². The molecule has 0 radical (unpaired) electrons. The molecule has 1 aromatic heterocycles. The lowest BCUT2D eigenvalue weighted by Crippen LogP contribution is -2.02. The molecule has 5 nitrogen and oxygen atoms in total. The van der Waals surface area contributed by atoms with E-state index in [0.29, 0.717) is 23.0 Å². The van der Waals surface area contributed by atoms with Gasteiger partial charge in [0.2, 0.25) is 0 Å². The van der Waals surface area contributed by atoms with Gasteiger partial charge in [-0.1, -0.05) is 55.0 Å². The maximum absolute atomic E-state index is 10.4. The van der Waals surface area contributed by atoms with Gasteiger partial charge in [0.05, 0.1) is 5.56 Å². The summed E-state index contributed by atoms with van der Waals surface area (Å²) in [5.74, 6) is 1.33. The fraction of sp³-hybridized carbons (Fsp3) is 0.192. The highest BCUT2D eigenvalue weighted by molar-refractivity contribution is 5.72. The zero-order valence-electron chi connectivity index (χ0n) is 17.4. The zero-order valence-corrected chi connectivity index (χ0v) is 17.4. The Morgan fingerprint density at radius 1 is 0.548 bits per heavy atom. The summed E-state index contributed by atoms with van der Waals surface area (Å²) >= 11 is 0. The maximum Gasteiger partial charge on any atom is 0.167 e. The number of benzene rings is 3. The second-order valence-electron chi connectivity index (χ2n) is 7.64. The highest BCUT2D eigenvalue weighted by atomic mass is 16.3. The molecule has 0 spiro atoms. The minimum Gasteiger partial charge on any atom is -0.508 e. The Morgan fingerprint density at radius 2 is 0.968 bits per heavy atom. The number of hydrogen-bond acceptors (Lipinski definition) is 5. The Bertz CT molecular complexity index is 1100. The van der Waals surface area contributed by atoms with E-state index >= 15 is 0 Å². The van der Waals surface area contributed by atoms with Crippen molar-refractivity contribution >= 4 is 0 Å². The molecule has 3 aromatic carbocycles. The van der Waals surface area contributed by atoms with Gasteiger partial charge >= 0.3 is 0 Å². The number of aryl methyl sites for hydroxylation is 4. The third-order valence-electron chi connectivity index (χ3n) is 5.10. The number of aromatic nitrogens is 3. The van der Waals surface area contributed by atoms with Crippen molar-refractivity contribution in [2.24, 2.45) is 0 Å². The van der Waals surface area contributed by atoms with E-state index in [-0.39, 0.29) is 18.9 Å². The lowest BCUT2D eigenvalue weighted by Gasteiger charge is -2.12. The summed E-state index contributed by atoms with van der Waals surface area (Å²) < 4.78 is 0. The molecule has 4 rings (SSSR count). The molecule has 5 heteroatoms. The van der Waals surface area contributed by atoms with Gasteiger partial charge in [0, 0.05) is 17.2 Å². The van der Waals surface area contributed by atoms with Crippen molar-refractivity contribution in [1.29, 1.82) is 0 Å². The fourth-order valence-corrected chi connectivity index (χ4v) is 3.58. The molecular formula is C26H27N3O2. The quantitative estimate of drug-likeness (QED) is 0.421. The second kappa shape index (κ2) is 8.56. The molecule has 0 aliphatic carbocycles. The third-order valence-corrected chi connectivity index (χ3v) is 5.10. The summed E-state index contributed by atoms with van der Waals surface area (Å²) in [6.07, 6.45) is 0. The number of aromatic hydroxyl groups is 2. The van der Waals surface area contributed by atoms with Crippen LogP contribution in [0.15, 0.2) is 54.6 Å². The molecule has 31 heavy (non-hydrogen) atoms. The molecule has 0 aliphatic heterocycles. The standard InChI is InChI=1S/C25H23N3O2.CH4/c1-14-5-8-19(16(3)11-14)23-26-24(20-9-6-15(2)12-17(20)4)28-25(27-23)21-10-7-18(29)13-22(21)30;/h5-13,29-30H,1-4H3;1H4. The predicted molar refractivity (Wildman–Crippen MR) is 125 cm³/mol. The Kier molecular flexibility index (Phi) is 6.07. The highest BCUT2D eigenvalue weighted by Gasteiger charge is 2.17. The molecule has 2 N–H and O–H groups in total. The topological polar surface area (TPSA) is 79.1 Å². The van der Waals surface area contributed by atoms with Crippen molar-refractivity contribution in [2.45, 2.75) is 35.1 Å². The summed E-state index contributed by atoms with van der Waals surface area (Å²) in [7, 11) is 0. The number of phenols is 2. The van der Waals surface area contributed by atoms with Gasteiger partial charge in [-0.15, -0.1) is 0 Å². The Balaban J connectivity index is 0.00000272. The van der Waals surface area contributed by atoms with E-state index in [2.05, 4.69) is 22.1 Å². The maximum atomic E-state index is 10.4. The molecule has 4 aromatic rings. The molecular weight excluding hydrogens is 386 g/mol. The molecule has 0 aliphatic rings. The van der Waals surface area contributed by atoms with Crippen LogP contribution >= 0.6 is 0 Å². The van der Waals surface area contributed by atoms with E-state index < -0.39 is 0 Å². The van der Waals surface area contributed by atoms with Gasteiger partial charge in [-0.05, 0) is 51.0 Å². The largest absolute Gasteiger partial charge is 0.508 e. The molecule has 0 amide bonds. The molecule has 0 fully saturated rings. The molecule has 0 bridgehead atoms. The highest BCUT2D eigenvalue weighted by Crippen LogP contribution is 2.33. The number of hydrogen-bond donors (Lipinski definition) is 2. The fourth-order valence-electron chi connectivity index (χ4n) is 3.58. The lowest BCUT2D eigenvalue weighted by atomic mass is 10.0. The normalized spacial score (nSPS) is 10.6. The van der Waals surface area contributed by atoms with Crippen LogP contribution in [0.1, 0.15) is 29.7 Å². The summed E-state index contributed by atoms with van der Waals surface area (Å²) in [6.45, 7) is 8.15. The molecule has 0 unspecified atom stereocenters. The van der Waals surface area contributed by atoms with E-state index in [1.165, 1.54) is 12.1 Å². The minimum absolute atomic E-state index is 0. The van der Waals surface area contributed by atoms with Crippen LogP contribution in [0.25, 0.3) is 34.2 Å². The molecule has 0 saturated carbocycles. The SMILES string of the molecule is C.Cc1ccc(-c2nc(-c3ccc(C)cc3C)nc(-c3ccc(O)cc3O)n2)c(C)c1. The number of rotatable bonds is 3. The van der Waals surface area contributed by atoms with Crippen molar-refractivity contribution in [2.75, 3.05) is 0 Å². The monoisotopic (exact) mass is 413 g/mol. The zero-order chi connectivity index (χ0) is 21.4. The van der Waals surface area contributed by atoms with Gasteiger partial charge < -0.3 is 10.2 Å². The van der Waals surface area contributed by atoms with Crippen molar-refractivity contribution in [3.8, 4) is 45.7 Å². The average molecular weight is 414 g/mol. The Morgan fingerprint density at radius 3 is 1.39 bits per heavy atom. The number of phenolic OH excluding ortho intramolecular Hbond substituents is 2. The van der Waals surface area contributed by atoms with Gasteiger partial charge in [-0.3, -0.25) is 0 Å². The molecule has 0 atom stereocenters. The van der Waals surface area contributed by atoms with Crippen molar-refractivity contribution < 1.29 is 10.2 Å². The molecule has 0 saturated heterocycles. The van der Waals surface area contributed by atoms with Crippen LogP contribution in [0.2, 0.25) is 0 Å². The van der Waals surface area contributed by atoms with E-state index in [1.54, 1.807) is 6.07 Å². The predicted octanol–water partition coefficient (Wildman–Crippen LogP) is 6.15. The first-order chi connectivity index (χ1) is 14.3. The molecule has 1 heterocycles. The van der Waals surface area contributed by atoms with Crippen molar-refractivity contribution in [3.63, 3.8) is 0 Å². The number of nitrogens with zero attached hydrogens (tertiary/aromatic N) is 3. The van der Waals surface area contributed by atoms with Gasteiger partial charge in [-0.2, -0.15) is 0 Å². The first kappa shape index (κ1) is 22.0. The minimum atomic E-state index is -0.0839. The van der Waals surface area contributed by atoms with Crippen LogP contribution in [0.4, 0.5) is 0 Å². The van der Waals surface area contributed by atoms with Crippen LogP contribution in [-0.4, -0.2) is 25.2 Å². The summed E-state index contributed by atoms with van der Waals surface area (Å²) in [6, 6.07) is 16.7. The molecule has 158 valence electrons. The first-order valence-electron chi connectivity index (χ1n) is 9.75. The summed E-state index contributed by atoms with van der Waals surface area (Å²) in [5.41, 5.74) is 6.71. The van der Waals surface area contributed by atoms with Gasteiger partial charge in [0.25, 0.3) is 0 Å². The lowest BCUT2D eigenvalue weighted by molar-refractivity contribution is 0.451. The third kappa shape index (κ3) is 4.40. The van der Waals surface area contributed by atoms with Crippen LogP contribution in [0.5, 0.6) is 11.5 Å². The summed E-state index contributed by atoms with van der Waals surface area (Å²) in [5, 5.41) is 20.1. The smallest absolute Gasteiger partial charge is 0.167 e. The van der Waals surface area contributed by atoms with Crippen LogP contribution in [0, 0.1) is 27.7 Å². The second-order valence-corrected chi connectivity index (χ2v) is 7.64. The van der Waals surface area contributed by atoms with Gasteiger partial charge in [0.15, 0.2) is 17.5 Å².